The van der Waals surface area contributed by atoms with Crippen molar-refractivity contribution in [2.24, 2.45) is 11.1 Å². The van der Waals surface area contributed by atoms with Gasteiger partial charge in [-0.05, 0) is 18.8 Å². The molecular weight excluding hydrogens is 178 g/mol. The van der Waals surface area contributed by atoms with Crippen LogP contribution in [0.4, 0.5) is 0 Å². The number of nitrogens with two attached hydrogens (primary N) is 1. The van der Waals surface area contributed by atoms with Gasteiger partial charge in [0.25, 0.3) is 0 Å². The quantitative estimate of drug-likeness (QED) is 0.669. The predicted octanol–water partition coefficient (Wildman–Crippen LogP) is 1.10. The van der Waals surface area contributed by atoms with Crippen LogP contribution in [0.15, 0.2) is 0 Å². The Balaban J connectivity index is 0.00000121. The molecular formula is C8H16ClNO2. The molecule has 1 aliphatic rings. The topological polar surface area (TPSA) is 52.3 Å². The van der Waals surface area contributed by atoms with Crippen LogP contribution in [0.5, 0.6) is 0 Å². The fourth-order valence-electron chi connectivity index (χ4n) is 1.26. The molecule has 1 rings (SSSR count). The van der Waals surface area contributed by atoms with Crippen LogP contribution in [0.2, 0.25) is 0 Å². The zero-order valence-corrected chi connectivity index (χ0v) is 8.53. The molecule has 4 heteroatoms. The molecule has 0 aromatic heterocycles. The summed E-state index contributed by atoms with van der Waals surface area (Å²) < 4.78 is 4.84. The molecule has 3 nitrogen and oxygen atoms in total. The Morgan fingerprint density at radius 2 is 2.00 bits per heavy atom. The van der Waals surface area contributed by atoms with Crippen LogP contribution in [0.3, 0.4) is 0 Å². The lowest BCUT2D eigenvalue weighted by Gasteiger charge is -2.12. The normalized spacial score (nSPS) is 30.3. The Morgan fingerprint density at radius 1 is 1.58 bits per heavy atom. The van der Waals surface area contributed by atoms with Crippen LogP contribution in [0, 0.1) is 5.41 Å². The highest BCUT2D eigenvalue weighted by Crippen LogP contribution is 2.54. The van der Waals surface area contributed by atoms with Gasteiger partial charge in [-0.1, -0.05) is 13.8 Å². The summed E-state index contributed by atoms with van der Waals surface area (Å²) in [6, 6.07) is 0. The standard InChI is InChI=1S/C8H15NO2.ClH/c1-4-11-6(10)8(9)5-7(8,2)3;/h4-5,9H2,1-3H3;1H. The number of rotatable bonds is 2. The highest BCUT2D eigenvalue weighted by atomic mass is 35.5. The number of carbonyl (C=O) groups excluding carboxylic acids is 1. The van der Waals surface area contributed by atoms with Crippen LogP contribution >= 0.6 is 12.4 Å². The first kappa shape index (κ1) is 11.7. The van der Waals surface area contributed by atoms with Gasteiger partial charge in [-0.15, -0.1) is 12.4 Å². The molecule has 0 amide bonds. The third kappa shape index (κ3) is 1.57. The van der Waals surface area contributed by atoms with Crippen LogP contribution in [-0.2, 0) is 9.53 Å². The minimum atomic E-state index is -0.705. The van der Waals surface area contributed by atoms with Gasteiger partial charge in [0.1, 0.15) is 5.54 Å². The lowest BCUT2D eigenvalue weighted by Crippen LogP contribution is -2.39. The molecule has 0 aliphatic heterocycles. The van der Waals surface area contributed by atoms with E-state index in [0.717, 1.165) is 6.42 Å². The summed E-state index contributed by atoms with van der Waals surface area (Å²) in [4.78, 5) is 11.2. The fourth-order valence-corrected chi connectivity index (χ4v) is 1.26. The minimum absolute atomic E-state index is 0. The molecule has 1 unspecified atom stereocenters. The molecule has 0 bridgehead atoms. The summed E-state index contributed by atoms with van der Waals surface area (Å²) >= 11 is 0. The van der Waals surface area contributed by atoms with E-state index in [-0.39, 0.29) is 23.8 Å². The number of carbonyl (C=O) groups is 1. The lowest BCUT2D eigenvalue weighted by atomic mass is 10.1. The summed E-state index contributed by atoms with van der Waals surface area (Å²) in [7, 11) is 0. The zero-order chi connectivity index (χ0) is 8.70. The highest BCUT2D eigenvalue weighted by molar-refractivity contribution is 5.86. The summed E-state index contributed by atoms with van der Waals surface area (Å²) in [5, 5.41) is 0. The molecule has 0 spiro atoms. The molecule has 0 aromatic rings. The van der Waals surface area contributed by atoms with E-state index in [1.807, 2.05) is 13.8 Å². The molecule has 0 heterocycles. The smallest absolute Gasteiger partial charge is 0.326 e. The molecule has 1 atom stereocenters. The van der Waals surface area contributed by atoms with Gasteiger partial charge in [-0.2, -0.15) is 0 Å². The molecule has 1 saturated carbocycles. The maximum atomic E-state index is 11.2. The van der Waals surface area contributed by atoms with E-state index in [1.165, 1.54) is 0 Å². The number of halogens is 1. The van der Waals surface area contributed by atoms with Crippen molar-refractivity contribution in [3.8, 4) is 0 Å². The van der Waals surface area contributed by atoms with E-state index < -0.39 is 5.54 Å². The average Bonchev–Trinajstić information content (AvgIpc) is 2.35. The van der Waals surface area contributed by atoms with E-state index in [4.69, 9.17) is 10.5 Å². The van der Waals surface area contributed by atoms with Gasteiger partial charge >= 0.3 is 5.97 Å². The Hall–Kier alpha value is -0.280. The minimum Gasteiger partial charge on any atom is -0.465 e. The van der Waals surface area contributed by atoms with Gasteiger partial charge in [0.05, 0.1) is 6.61 Å². The van der Waals surface area contributed by atoms with E-state index >= 15 is 0 Å². The largest absolute Gasteiger partial charge is 0.465 e. The number of ether oxygens (including phenoxy) is 1. The third-order valence-electron chi connectivity index (χ3n) is 2.44. The van der Waals surface area contributed by atoms with Crippen LogP contribution in [0.25, 0.3) is 0 Å². The summed E-state index contributed by atoms with van der Waals surface area (Å²) in [6.45, 7) is 6.15. The van der Waals surface area contributed by atoms with Crippen molar-refractivity contribution in [1.82, 2.24) is 0 Å². The summed E-state index contributed by atoms with van der Waals surface area (Å²) in [6.07, 6.45) is 0.735. The van der Waals surface area contributed by atoms with Crippen LogP contribution in [0.1, 0.15) is 27.2 Å². The van der Waals surface area contributed by atoms with Gasteiger partial charge in [0, 0.05) is 0 Å². The second-order valence-electron chi connectivity index (χ2n) is 3.75. The van der Waals surface area contributed by atoms with Crippen LogP contribution in [-0.4, -0.2) is 18.1 Å². The van der Waals surface area contributed by atoms with Crippen LogP contribution < -0.4 is 5.73 Å². The van der Waals surface area contributed by atoms with Crippen molar-refractivity contribution in [2.75, 3.05) is 6.61 Å². The molecule has 1 fully saturated rings. The first-order valence-corrected chi connectivity index (χ1v) is 3.90. The van der Waals surface area contributed by atoms with Gasteiger partial charge < -0.3 is 10.5 Å². The second kappa shape index (κ2) is 3.23. The van der Waals surface area contributed by atoms with Crippen molar-refractivity contribution in [3.63, 3.8) is 0 Å². The molecule has 72 valence electrons. The molecule has 2 N–H and O–H groups in total. The summed E-state index contributed by atoms with van der Waals surface area (Å²) in [5.41, 5.74) is 5.00. The van der Waals surface area contributed by atoms with Gasteiger partial charge in [-0.25, -0.2) is 0 Å². The van der Waals surface area contributed by atoms with E-state index in [2.05, 4.69) is 0 Å². The second-order valence-corrected chi connectivity index (χ2v) is 3.75. The highest BCUT2D eigenvalue weighted by Gasteiger charge is 2.64. The van der Waals surface area contributed by atoms with E-state index in [0.29, 0.717) is 6.61 Å². The number of hydrogen-bond donors (Lipinski definition) is 1. The maximum absolute atomic E-state index is 11.2. The molecule has 0 aromatic carbocycles. The summed E-state index contributed by atoms with van der Waals surface area (Å²) in [5.74, 6) is -0.259. The lowest BCUT2D eigenvalue weighted by molar-refractivity contribution is -0.146. The van der Waals surface area contributed by atoms with E-state index in [9.17, 15) is 4.79 Å². The predicted molar refractivity (Wildman–Crippen MR) is 49.2 cm³/mol. The van der Waals surface area contributed by atoms with Crippen molar-refractivity contribution in [2.45, 2.75) is 32.7 Å². The first-order valence-electron chi connectivity index (χ1n) is 3.90. The van der Waals surface area contributed by atoms with Gasteiger partial charge in [0.2, 0.25) is 0 Å². The Labute approximate surface area is 79.1 Å². The van der Waals surface area contributed by atoms with Gasteiger partial charge in [0.15, 0.2) is 0 Å². The van der Waals surface area contributed by atoms with Crippen molar-refractivity contribution in [3.05, 3.63) is 0 Å². The maximum Gasteiger partial charge on any atom is 0.326 e. The number of hydrogen-bond acceptors (Lipinski definition) is 3. The molecule has 0 saturated heterocycles. The fraction of sp³-hybridized carbons (Fsp3) is 0.875. The molecule has 1 aliphatic carbocycles. The van der Waals surface area contributed by atoms with Crippen molar-refractivity contribution < 1.29 is 9.53 Å². The Kier molecular flexibility index (Phi) is 3.15. The first-order chi connectivity index (χ1) is 4.94. The SMILES string of the molecule is CCOC(=O)C1(N)CC1(C)C.Cl. The van der Waals surface area contributed by atoms with Crippen molar-refractivity contribution >= 4 is 18.4 Å². The zero-order valence-electron chi connectivity index (χ0n) is 7.72. The Bertz CT molecular complexity index is 193. The monoisotopic (exact) mass is 193 g/mol. The third-order valence-corrected chi connectivity index (χ3v) is 2.44. The molecule has 12 heavy (non-hydrogen) atoms. The van der Waals surface area contributed by atoms with Gasteiger partial charge in [-0.3, -0.25) is 4.79 Å². The Morgan fingerprint density at radius 3 is 2.25 bits per heavy atom. The molecule has 0 radical (unpaired) electrons. The number of esters is 1. The average molecular weight is 194 g/mol. The van der Waals surface area contributed by atoms with E-state index in [1.54, 1.807) is 6.92 Å². The van der Waals surface area contributed by atoms with Crippen molar-refractivity contribution in [1.29, 1.82) is 0 Å².